The van der Waals surface area contributed by atoms with Crippen molar-refractivity contribution in [3.63, 3.8) is 0 Å². The van der Waals surface area contributed by atoms with Crippen LogP contribution < -0.4 is 5.73 Å². The number of halogens is 1. The maximum Gasteiger partial charge on any atom is 0.147 e. The fourth-order valence-electron chi connectivity index (χ4n) is 2.22. The molecule has 106 valence electrons. The highest BCUT2D eigenvalue weighted by molar-refractivity contribution is 6.29. The smallest absolute Gasteiger partial charge is 0.147 e. The first-order valence-electron chi connectivity index (χ1n) is 6.78. The highest BCUT2D eigenvalue weighted by Gasteiger charge is 2.19. The zero-order chi connectivity index (χ0) is 13.5. The summed E-state index contributed by atoms with van der Waals surface area (Å²) in [5.74, 6) is 0. The lowest BCUT2D eigenvalue weighted by Crippen LogP contribution is -2.37. The van der Waals surface area contributed by atoms with Gasteiger partial charge < -0.3 is 10.5 Å². The van der Waals surface area contributed by atoms with E-state index < -0.39 is 0 Å². The lowest BCUT2D eigenvalue weighted by Gasteiger charge is -2.31. The molecule has 0 radical (unpaired) electrons. The summed E-state index contributed by atoms with van der Waals surface area (Å²) >= 11 is 5.72. The van der Waals surface area contributed by atoms with Crippen molar-refractivity contribution < 1.29 is 4.74 Å². The molecule has 0 amide bonds. The SMILES string of the molecule is NCCCOC1CCN(Cc2cnc(Cl)cn2)CC1. The highest BCUT2D eigenvalue weighted by atomic mass is 35.5. The third kappa shape index (κ3) is 5.03. The molecular weight excluding hydrogens is 264 g/mol. The molecule has 1 aliphatic rings. The predicted octanol–water partition coefficient (Wildman–Crippen LogP) is 1.46. The first-order valence-corrected chi connectivity index (χ1v) is 7.16. The molecule has 0 saturated carbocycles. The average molecular weight is 285 g/mol. The van der Waals surface area contributed by atoms with Crippen molar-refractivity contribution >= 4 is 11.6 Å². The summed E-state index contributed by atoms with van der Waals surface area (Å²) in [6, 6.07) is 0. The van der Waals surface area contributed by atoms with Crippen LogP contribution in [0.2, 0.25) is 5.15 Å². The van der Waals surface area contributed by atoms with Gasteiger partial charge in [-0.2, -0.15) is 0 Å². The molecule has 0 unspecified atom stereocenters. The van der Waals surface area contributed by atoms with Crippen LogP contribution in [0.3, 0.4) is 0 Å². The van der Waals surface area contributed by atoms with E-state index in [0.717, 1.165) is 51.2 Å². The van der Waals surface area contributed by atoms with Gasteiger partial charge in [0.05, 0.1) is 24.2 Å². The minimum absolute atomic E-state index is 0.388. The number of hydrogen-bond donors (Lipinski definition) is 1. The van der Waals surface area contributed by atoms with Gasteiger partial charge in [-0.1, -0.05) is 11.6 Å². The molecule has 0 aromatic carbocycles. The Morgan fingerprint density at radius 3 is 2.74 bits per heavy atom. The normalized spacial score (nSPS) is 17.8. The van der Waals surface area contributed by atoms with Gasteiger partial charge in [-0.15, -0.1) is 0 Å². The van der Waals surface area contributed by atoms with Crippen LogP contribution >= 0.6 is 11.6 Å². The molecule has 0 spiro atoms. The van der Waals surface area contributed by atoms with Crippen LogP contribution in [0.25, 0.3) is 0 Å². The molecule has 0 aliphatic carbocycles. The molecule has 5 nitrogen and oxygen atoms in total. The molecule has 2 heterocycles. The molecule has 2 rings (SSSR count). The summed E-state index contributed by atoms with van der Waals surface area (Å²) in [7, 11) is 0. The standard InChI is InChI=1S/C13H21ClN4O/c14-13-9-16-11(8-17-13)10-18-5-2-12(3-6-18)19-7-1-4-15/h8-9,12H,1-7,10,15H2. The summed E-state index contributed by atoms with van der Waals surface area (Å²) < 4.78 is 5.79. The van der Waals surface area contributed by atoms with Crippen molar-refractivity contribution in [2.75, 3.05) is 26.2 Å². The molecule has 2 N–H and O–H groups in total. The van der Waals surface area contributed by atoms with Gasteiger partial charge in [-0.05, 0) is 25.8 Å². The topological polar surface area (TPSA) is 64.3 Å². The number of piperidine rings is 1. The van der Waals surface area contributed by atoms with Crippen molar-refractivity contribution in [1.29, 1.82) is 0 Å². The van der Waals surface area contributed by atoms with Crippen molar-refractivity contribution in [1.82, 2.24) is 14.9 Å². The van der Waals surface area contributed by atoms with Gasteiger partial charge in [0.1, 0.15) is 5.15 Å². The molecule has 0 atom stereocenters. The Balaban J connectivity index is 1.69. The Labute approximate surface area is 119 Å². The quantitative estimate of drug-likeness (QED) is 0.801. The van der Waals surface area contributed by atoms with Crippen molar-refractivity contribution in [3.8, 4) is 0 Å². The Bertz CT molecular complexity index is 365. The number of hydrogen-bond acceptors (Lipinski definition) is 5. The number of ether oxygens (including phenoxy) is 1. The van der Waals surface area contributed by atoms with Gasteiger partial charge in [0, 0.05) is 26.2 Å². The summed E-state index contributed by atoms with van der Waals surface area (Å²) in [5.41, 5.74) is 6.42. The van der Waals surface area contributed by atoms with E-state index in [4.69, 9.17) is 22.1 Å². The lowest BCUT2D eigenvalue weighted by molar-refractivity contribution is 0.00539. The van der Waals surface area contributed by atoms with Crippen molar-refractivity contribution in [2.45, 2.75) is 31.9 Å². The number of rotatable bonds is 6. The van der Waals surface area contributed by atoms with Crippen LogP contribution in [0.4, 0.5) is 0 Å². The maximum atomic E-state index is 5.79. The van der Waals surface area contributed by atoms with E-state index in [0.29, 0.717) is 17.8 Å². The van der Waals surface area contributed by atoms with Gasteiger partial charge in [-0.25, -0.2) is 4.98 Å². The number of nitrogens with two attached hydrogens (primary N) is 1. The third-order valence-corrected chi connectivity index (χ3v) is 3.49. The molecule has 1 aromatic rings. The molecule has 6 heteroatoms. The highest BCUT2D eigenvalue weighted by Crippen LogP contribution is 2.15. The van der Waals surface area contributed by atoms with Gasteiger partial charge in [0.2, 0.25) is 0 Å². The van der Waals surface area contributed by atoms with Gasteiger partial charge in [0.25, 0.3) is 0 Å². The maximum absolute atomic E-state index is 5.79. The third-order valence-electron chi connectivity index (χ3n) is 3.30. The first kappa shape index (κ1) is 14.7. The average Bonchev–Trinajstić information content (AvgIpc) is 2.44. The summed E-state index contributed by atoms with van der Waals surface area (Å²) in [6.07, 6.45) is 6.82. The monoisotopic (exact) mass is 284 g/mol. The molecule has 1 aliphatic heterocycles. The number of nitrogens with zero attached hydrogens (tertiary/aromatic N) is 3. The van der Waals surface area contributed by atoms with Crippen molar-refractivity contribution in [3.05, 3.63) is 23.2 Å². The van der Waals surface area contributed by atoms with Crippen molar-refractivity contribution in [2.24, 2.45) is 5.73 Å². The minimum Gasteiger partial charge on any atom is -0.378 e. The first-order chi connectivity index (χ1) is 9.28. The van der Waals surface area contributed by atoms with Crippen LogP contribution in [0, 0.1) is 0 Å². The van der Waals surface area contributed by atoms with Gasteiger partial charge >= 0.3 is 0 Å². The zero-order valence-electron chi connectivity index (χ0n) is 11.1. The van der Waals surface area contributed by atoms with Gasteiger partial charge in [-0.3, -0.25) is 9.88 Å². The Hall–Kier alpha value is -0.750. The minimum atomic E-state index is 0.388. The van der Waals surface area contributed by atoms with Crippen LogP contribution in [0.5, 0.6) is 0 Å². The summed E-state index contributed by atoms with van der Waals surface area (Å²) in [5, 5.41) is 0.441. The number of likely N-dealkylation sites (tertiary alicyclic amines) is 1. The second-order valence-corrected chi connectivity index (χ2v) is 5.21. The Kier molecular flexibility index (Phi) is 5.97. The van der Waals surface area contributed by atoms with E-state index >= 15 is 0 Å². The molecule has 1 fully saturated rings. The summed E-state index contributed by atoms with van der Waals surface area (Å²) in [4.78, 5) is 10.7. The zero-order valence-corrected chi connectivity index (χ0v) is 11.9. The molecule has 1 aromatic heterocycles. The second-order valence-electron chi connectivity index (χ2n) is 4.82. The van der Waals surface area contributed by atoms with E-state index in [1.807, 2.05) is 0 Å². The molecule has 19 heavy (non-hydrogen) atoms. The Morgan fingerprint density at radius 1 is 1.32 bits per heavy atom. The Morgan fingerprint density at radius 2 is 2.11 bits per heavy atom. The molecular formula is C13H21ClN4O. The van der Waals surface area contributed by atoms with E-state index in [1.165, 1.54) is 0 Å². The molecule has 1 saturated heterocycles. The van der Waals surface area contributed by atoms with Crippen LogP contribution in [0.1, 0.15) is 25.0 Å². The van der Waals surface area contributed by atoms with Gasteiger partial charge in [0.15, 0.2) is 0 Å². The van der Waals surface area contributed by atoms with Crippen LogP contribution in [-0.4, -0.2) is 47.2 Å². The fraction of sp³-hybridized carbons (Fsp3) is 0.692. The van der Waals surface area contributed by atoms with E-state index in [1.54, 1.807) is 12.4 Å². The van der Waals surface area contributed by atoms with Crippen LogP contribution in [-0.2, 0) is 11.3 Å². The van der Waals surface area contributed by atoms with E-state index in [9.17, 15) is 0 Å². The fourth-order valence-corrected chi connectivity index (χ4v) is 2.31. The largest absolute Gasteiger partial charge is 0.378 e. The van der Waals surface area contributed by atoms with E-state index in [2.05, 4.69) is 14.9 Å². The molecule has 0 bridgehead atoms. The van der Waals surface area contributed by atoms with E-state index in [-0.39, 0.29) is 0 Å². The second kappa shape index (κ2) is 7.75. The number of aromatic nitrogens is 2. The lowest BCUT2D eigenvalue weighted by atomic mass is 10.1. The van der Waals surface area contributed by atoms with Crippen LogP contribution in [0.15, 0.2) is 12.4 Å². The predicted molar refractivity (Wildman–Crippen MR) is 75.0 cm³/mol. The summed E-state index contributed by atoms with van der Waals surface area (Å²) in [6.45, 7) is 4.40.